The zero-order valence-electron chi connectivity index (χ0n) is 11.8. The van der Waals surface area contributed by atoms with Crippen molar-refractivity contribution < 1.29 is 17.9 Å². The lowest BCUT2D eigenvalue weighted by Crippen LogP contribution is -2.25. The highest BCUT2D eigenvalue weighted by atomic mass is 32.2. The standard InChI is InChI=1S/C14H14F3N3OS/c1-22-13-6-9(2-3-21-13)20-7-12(18-19-20)8-4-10(15)14(17)11(16)5-8/h4-5,7,9,13H,2-3,6H2,1H3. The van der Waals surface area contributed by atoms with E-state index in [1.54, 1.807) is 22.6 Å². The number of ether oxygens (including phenoxy) is 1. The number of aromatic nitrogens is 3. The smallest absolute Gasteiger partial charge is 0.194 e. The fourth-order valence-corrected chi connectivity index (χ4v) is 3.09. The molecule has 4 nitrogen and oxygen atoms in total. The molecule has 1 aromatic heterocycles. The molecule has 0 aliphatic carbocycles. The molecular weight excluding hydrogens is 315 g/mol. The number of benzene rings is 1. The third-order valence-electron chi connectivity index (χ3n) is 3.65. The summed E-state index contributed by atoms with van der Waals surface area (Å²) in [6.45, 7) is 0.630. The summed E-state index contributed by atoms with van der Waals surface area (Å²) in [7, 11) is 0. The molecule has 2 heterocycles. The summed E-state index contributed by atoms with van der Waals surface area (Å²) in [4.78, 5) is 0. The van der Waals surface area contributed by atoms with Crippen LogP contribution in [0.15, 0.2) is 18.3 Å². The second-order valence-electron chi connectivity index (χ2n) is 5.05. The normalized spacial score (nSPS) is 22.0. The number of hydrogen-bond acceptors (Lipinski definition) is 4. The summed E-state index contributed by atoms with van der Waals surface area (Å²) in [5, 5.41) is 7.96. The topological polar surface area (TPSA) is 39.9 Å². The molecular formula is C14H14F3N3OS. The second-order valence-corrected chi connectivity index (χ2v) is 6.05. The number of nitrogens with zero attached hydrogens (tertiary/aromatic N) is 3. The molecule has 8 heteroatoms. The van der Waals surface area contributed by atoms with E-state index >= 15 is 0 Å². The minimum atomic E-state index is -1.48. The van der Waals surface area contributed by atoms with E-state index in [0.717, 1.165) is 25.0 Å². The molecule has 0 saturated carbocycles. The van der Waals surface area contributed by atoms with Gasteiger partial charge in [-0.15, -0.1) is 16.9 Å². The molecule has 0 radical (unpaired) electrons. The van der Waals surface area contributed by atoms with Crippen molar-refractivity contribution in [2.24, 2.45) is 0 Å². The van der Waals surface area contributed by atoms with Gasteiger partial charge in [0.05, 0.1) is 18.8 Å². The van der Waals surface area contributed by atoms with Crippen LogP contribution in [-0.4, -0.2) is 33.3 Å². The van der Waals surface area contributed by atoms with E-state index in [4.69, 9.17) is 4.74 Å². The number of hydrogen-bond donors (Lipinski definition) is 0. The van der Waals surface area contributed by atoms with Crippen molar-refractivity contribution in [1.29, 1.82) is 0 Å². The predicted molar refractivity (Wildman–Crippen MR) is 76.9 cm³/mol. The minimum Gasteiger partial charge on any atom is -0.367 e. The maximum Gasteiger partial charge on any atom is 0.194 e. The average Bonchev–Trinajstić information content (AvgIpc) is 3.02. The fraction of sp³-hybridized carbons (Fsp3) is 0.429. The van der Waals surface area contributed by atoms with E-state index in [1.165, 1.54) is 0 Å². The van der Waals surface area contributed by atoms with Gasteiger partial charge in [0.15, 0.2) is 17.5 Å². The van der Waals surface area contributed by atoms with E-state index in [-0.39, 0.29) is 17.0 Å². The molecule has 0 bridgehead atoms. The maximum absolute atomic E-state index is 13.3. The van der Waals surface area contributed by atoms with Gasteiger partial charge in [0.25, 0.3) is 0 Å². The van der Waals surface area contributed by atoms with Crippen molar-refractivity contribution in [3.05, 3.63) is 35.8 Å². The Labute approximate surface area is 129 Å². The summed E-state index contributed by atoms with van der Waals surface area (Å²) in [6, 6.07) is 1.96. The highest BCUT2D eigenvalue weighted by Crippen LogP contribution is 2.30. The van der Waals surface area contributed by atoms with Crippen LogP contribution in [0.25, 0.3) is 11.3 Å². The van der Waals surface area contributed by atoms with Crippen LogP contribution in [-0.2, 0) is 4.74 Å². The van der Waals surface area contributed by atoms with Gasteiger partial charge in [-0.3, -0.25) is 0 Å². The van der Waals surface area contributed by atoms with Crippen LogP contribution in [0, 0.1) is 17.5 Å². The molecule has 118 valence electrons. The second kappa shape index (κ2) is 6.29. The first kappa shape index (κ1) is 15.4. The van der Waals surface area contributed by atoms with Crippen LogP contribution >= 0.6 is 11.8 Å². The van der Waals surface area contributed by atoms with E-state index in [9.17, 15) is 13.2 Å². The lowest BCUT2D eigenvalue weighted by molar-refractivity contribution is 0.0439. The third-order valence-corrected chi connectivity index (χ3v) is 4.50. The van der Waals surface area contributed by atoms with E-state index < -0.39 is 17.5 Å². The molecule has 1 aliphatic heterocycles. The largest absolute Gasteiger partial charge is 0.367 e. The van der Waals surface area contributed by atoms with Gasteiger partial charge in [0, 0.05) is 12.0 Å². The zero-order valence-corrected chi connectivity index (χ0v) is 12.6. The van der Waals surface area contributed by atoms with Crippen LogP contribution < -0.4 is 0 Å². The van der Waals surface area contributed by atoms with Crippen molar-refractivity contribution in [1.82, 2.24) is 15.0 Å². The molecule has 22 heavy (non-hydrogen) atoms. The van der Waals surface area contributed by atoms with Gasteiger partial charge in [-0.1, -0.05) is 5.21 Å². The molecule has 0 N–H and O–H groups in total. The Bertz CT molecular complexity index is 656. The van der Waals surface area contributed by atoms with E-state index in [2.05, 4.69) is 10.3 Å². The molecule has 0 amide bonds. The van der Waals surface area contributed by atoms with Crippen molar-refractivity contribution in [3.63, 3.8) is 0 Å². The molecule has 1 aromatic carbocycles. The fourth-order valence-electron chi connectivity index (χ4n) is 2.44. The quantitative estimate of drug-likeness (QED) is 0.809. The average molecular weight is 329 g/mol. The summed E-state index contributed by atoms with van der Waals surface area (Å²) >= 11 is 1.63. The summed E-state index contributed by atoms with van der Waals surface area (Å²) in [5.74, 6) is -3.96. The molecule has 2 aromatic rings. The Hall–Kier alpha value is -1.54. The Kier molecular flexibility index (Phi) is 4.39. The lowest BCUT2D eigenvalue weighted by atomic mass is 10.1. The van der Waals surface area contributed by atoms with Crippen molar-refractivity contribution >= 4 is 11.8 Å². The molecule has 0 spiro atoms. The minimum absolute atomic E-state index is 0.104. The van der Waals surface area contributed by atoms with E-state index in [1.807, 2.05) is 6.26 Å². The Morgan fingerprint density at radius 1 is 1.27 bits per heavy atom. The number of thioether (sulfide) groups is 1. The molecule has 2 atom stereocenters. The van der Waals surface area contributed by atoms with Crippen LogP contribution in [0.3, 0.4) is 0 Å². The molecule has 1 aliphatic rings. The monoisotopic (exact) mass is 329 g/mol. The highest BCUT2D eigenvalue weighted by Gasteiger charge is 2.24. The summed E-state index contributed by atoms with van der Waals surface area (Å²) < 4.78 is 46.8. The Morgan fingerprint density at radius 3 is 2.68 bits per heavy atom. The van der Waals surface area contributed by atoms with Gasteiger partial charge in [0.1, 0.15) is 11.1 Å². The van der Waals surface area contributed by atoms with Gasteiger partial charge in [0.2, 0.25) is 0 Å². The third kappa shape index (κ3) is 2.98. The zero-order chi connectivity index (χ0) is 15.7. The number of rotatable bonds is 3. The molecule has 2 unspecified atom stereocenters. The summed E-state index contributed by atoms with van der Waals surface area (Å²) in [6.07, 6.45) is 5.19. The first-order valence-corrected chi connectivity index (χ1v) is 8.08. The van der Waals surface area contributed by atoms with Crippen LogP contribution in [0.1, 0.15) is 18.9 Å². The lowest BCUT2D eigenvalue weighted by Gasteiger charge is -2.28. The van der Waals surface area contributed by atoms with Gasteiger partial charge in [-0.2, -0.15) is 0 Å². The summed E-state index contributed by atoms with van der Waals surface area (Å²) in [5.41, 5.74) is 0.577. The molecule has 1 saturated heterocycles. The highest BCUT2D eigenvalue weighted by molar-refractivity contribution is 7.99. The van der Waals surface area contributed by atoms with Gasteiger partial charge in [-0.05, 0) is 24.8 Å². The van der Waals surface area contributed by atoms with Gasteiger partial charge < -0.3 is 4.74 Å². The Morgan fingerprint density at radius 2 is 2.00 bits per heavy atom. The van der Waals surface area contributed by atoms with Crippen LogP contribution in [0.4, 0.5) is 13.2 Å². The van der Waals surface area contributed by atoms with Crippen molar-refractivity contribution in [2.45, 2.75) is 24.3 Å². The van der Waals surface area contributed by atoms with Crippen LogP contribution in [0.5, 0.6) is 0 Å². The first-order chi connectivity index (χ1) is 10.6. The van der Waals surface area contributed by atoms with Crippen molar-refractivity contribution in [2.75, 3.05) is 12.9 Å². The van der Waals surface area contributed by atoms with E-state index in [0.29, 0.717) is 12.3 Å². The predicted octanol–water partition coefficient (Wildman–Crippen LogP) is 3.40. The molecule has 1 fully saturated rings. The first-order valence-electron chi connectivity index (χ1n) is 6.79. The van der Waals surface area contributed by atoms with Gasteiger partial charge in [-0.25, -0.2) is 17.9 Å². The molecule has 3 rings (SSSR count). The SMILES string of the molecule is CSC1CC(n2cc(-c3cc(F)c(F)c(F)c3)nn2)CCO1. The number of halogens is 3. The maximum atomic E-state index is 13.3. The van der Waals surface area contributed by atoms with Crippen LogP contribution in [0.2, 0.25) is 0 Å². The van der Waals surface area contributed by atoms with Crippen molar-refractivity contribution in [3.8, 4) is 11.3 Å². The Balaban J connectivity index is 1.85. The van der Waals surface area contributed by atoms with Gasteiger partial charge >= 0.3 is 0 Å².